The van der Waals surface area contributed by atoms with Gasteiger partial charge in [0, 0.05) is 23.1 Å². The number of aromatic hydroxyl groups is 1. The molecule has 0 spiro atoms. The van der Waals surface area contributed by atoms with Gasteiger partial charge >= 0.3 is 11.9 Å². The smallest absolute Gasteiger partial charge is 0.328 e. The number of hydrogen-bond donors (Lipinski definition) is 2. The zero-order valence-corrected chi connectivity index (χ0v) is 13.2. The molecule has 1 aromatic carbocycles. The van der Waals surface area contributed by atoms with Gasteiger partial charge in [0.05, 0.1) is 6.42 Å². The number of phenols is 1. The van der Waals surface area contributed by atoms with E-state index in [0.29, 0.717) is 11.5 Å². The molecule has 9 nitrogen and oxygen atoms in total. The number of nitrogens with zero attached hydrogens (tertiary/aromatic N) is 1. The number of carbonyl (C=O) groups excluding carboxylic acids is 1. The molecule has 0 aliphatic carbocycles. The minimum atomic E-state index is -1.18. The van der Waals surface area contributed by atoms with Crippen LogP contribution in [0.2, 0.25) is 0 Å². The van der Waals surface area contributed by atoms with Crippen LogP contribution in [0.25, 0.3) is 6.08 Å². The van der Waals surface area contributed by atoms with Gasteiger partial charge in [-0.15, -0.1) is 10.1 Å². The van der Waals surface area contributed by atoms with E-state index in [9.17, 15) is 24.8 Å². The van der Waals surface area contributed by atoms with Crippen molar-refractivity contribution >= 4 is 29.8 Å². The second-order valence-corrected chi connectivity index (χ2v) is 5.51. The first-order valence-electron chi connectivity index (χ1n) is 6.68. The van der Waals surface area contributed by atoms with Gasteiger partial charge < -0.3 is 19.8 Å². The number of rotatable bonds is 10. The topological polar surface area (TPSA) is 136 Å². The highest BCUT2D eigenvalue weighted by Crippen LogP contribution is 2.25. The zero-order valence-electron chi connectivity index (χ0n) is 12.4. The lowest BCUT2D eigenvalue weighted by Gasteiger charge is -2.08. The van der Waals surface area contributed by atoms with E-state index < -0.39 is 17.0 Å². The largest absolute Gasteiger partial charge is 0.508 e. The predicted molar refractivity (Wildman–Crippen MR) is 85.3 cm³/mol. The van der Waals surface area contributed by atoms with Crippen molar-refractivity contribution in [3.05, 3.63) is 40.0 Å². The summed E-state index contributed by atoms with van der Waals surface area (Å²) in [4.78, 5) is 36.4. The average molecular weight is 357 g/mol. The van der Waals surface area contributed by atoms with E-state index in [4.69, 9.17) is 9.84 Å². The lowest BCUT2D eigenvalue weighted by Crippen LogP contribution is -2.10. The minimum absolute atomic E-state index is 0.0607. The van der Waals surface area contributed by atoms with Crippen LogP contribution in [0.3, 0.4) is 0 Å². The van der Waals surface area contributed by atoms with Crippen LogP contribution in [0, 0.1) is 10.1 Å². The summed E-state index contributed by atoms with van der Waals surface area (Å²) >= 11 is 1.29. The van der Waals surface area contributed by atoms with Crippen LogP contribution < -0.4 is 4.74 Å². The number of hydrogen-bond acceptors (Lipinski definition) is 8. The molecule has 0 amide bonds. The summed E-state index contributed by atoms with van der Waals surface area (Å²) in [5, 5.41) is 27.1. The fraction of sp³-hybridized carbons (Fsp3) is 0.286. The molecule has 0 bridgehead atoms. The molecule has 0 atom stereocenters. The maximum absolute atomic E-state index is 11.8. The average Bonchev–Trinajstić information content (AvgIpc) is 2.50. The summed E-state index contributed by atoms with van der Waals surface area (Å²) in [6.07, 6.45) is 2.12. The van der Waals surface area contributed by atoms with Crippen LogP contribution in [0.4, 0.5) is 0 Å². The monoisotopic (exact) mass is 357 g/mol. The third-order valence-corrected chi connectivity index (χ3v) is 3.45. The van der Waals surface area contributed by atoms with Crippen molar-refractivity contribution in [1.82, 2.24) is 0 Å². The molecule has 0 saturated heterocycles. The first-order valence-corrected chi connectivity index (χ1v) is 7.83. The number of aliphatic carboxylic acids is 1. The van der Waals surface area contributed by atoms with Crippen LogP contribution in [-0.2, 0) is 14.4 Å². The zero-order chi connectivity index (χ0) is 17.9. The van der Waals surface area contributed by atoms with Gasteiger partial charge in [0.2, 0.25) is 0 Å². The minimum Gasteiger partial charge on any atom is -0.508 e. The number of thioether (sulfide) groups is 1. The van der Waals surface area contributed by atoms with Gasteiger partial charge in [-0.05, 0) is 24.3 Å². The Morgan fingerprint density at radius 3 is 2.75 bits per heavy atom. The van der Waals surface area contributed by atoms with Crippen molar-refractivity contribution < 1.29 is 34.5 Å². The highest BCUT2D eigenvalue weighted by atomic mass is 32.2. The molecule has 1 aromatic rings. The molecule has 0 saturated carbocycles. The lowest BCUT2D eigenvalue weighted by atomic mass is 10.1. The number of benzene rings is 1. The molecular formula is C14H15NO8S. The van der Waals surface area contributed by atoms with Gasteiger partial charge in [0.25, 0.3) is 5.09 Å². The van der Waals surface area contributed by atoms with E-state index in [1.807, 2.05) is 0 Å². The third-order valence-electron chi connectivity index (χ3n) is 2.50. The predicted octanol–water partition coefficient (Wildman–Crippen LogP) is 1.73. The molecule has 0 aromatic heterocycles. The van der Waals surface area contributed by atoms with Gasteiger partial charge in [0.1, 0.15) is 18.1 Å². The number of carbonyl (C=O) groups is 2. The molecule has 2 N–H and O–H groups in total. The fourth-order valence-electron chi connectivity index (χ4n) is 1.52. The third kappa shape index (κ3) is 8.03. The van der Waals surface area contributed by atoms with Crippen molar-refractivity contribution in [1.29, 1.82) is 0 Å². The van der Waals surface area contributed by atoms with E-state index in [0.717, 1.165) is 6.08 Å². The number of carboxylic acids is 1. The standard InChI is InChI=1S/C14H15NO8S/c16-11-2-3-12(10(9-11)1-4-13(17)18)23-14(19)5-7-24-8-6-22-15(20)21/h1-4,9,16H,5-8H2,(H,17,18). The Morgan fingerprint density at radius 2 is 2.08 bits per heavy atom. The van der Waals surface area contributed by atoms with Gasteiger partial charge in [-0.2, -0.15) is 11.8 Å². The van der Waals surface area contributed by atoms with Crippen LogP contribution in [0.5, 0.6) is 11.5 Å². The van der Waals surface area contributed by atoms with Gasteiger partial charge in [-0.3, -0.25) is 4.79 Å². The number of esters is 1. The summed E-state index contributed by atoms with van der Waals surface area (Å²) in [5.41, 5.74) is 0.248. The van der Waals surface area contributed by atoms with E-state index in [1.165, 1.54) is 36.0 Å². The van der Waals surface area contributed by atoms with E-state index in [2.05, 4.69) is 4.84 Å². The quantitative estimate of drug-likeness (QED) is 0.160. The molecule has 0 aliphatic heterocycles. The van der Waals surface area contributed by atoms with E-state index in [1.54, 1.807) is 0 Å². The molecule has 10 heteroatoms. The highest BCUT2D eigenvalue weighted by Gasteiger charge is 2.09. The second kappa shape index (κ2) is 10.1. The molecular weight excluding hydrogens is 342 g/mol. The first-order chi connectivity index (χ1) is 11.4. The maximum Gasteiger partial charge on any atom is 0.328 e. The maximum atomic E-state index is 11.8. The Hall–Kier alpha value is -2.75. The number of ether oxygens (including phenoxy) is 1. The van der Waals surface area contributed by atoms with Crippen LogP contribution in [0.15, 0.2) is 24.3 Å². The molecule has 0 aliphatic rings. The number of phenolic OH excluding ortho intramolecular Hbond substituents is 1. The fourth-order valence-corrected chi connectivity index (χ4v) is 2.23. The molecule has 0 radical (unpaired) electrons. The Labute approximate surface area is 141 Å². The molecule has 24 heavy (non-hydrogen) atoms. The van der Waals surface area contributed by atoms with Crippen LogP contribution >= 0.6 is 11.8 Å². The Bertz CT molecular complexity index is 631. The normalized spacial score (nSPS) is 10.5. The number of carboxylic acid groups (broad SMARTS) is 1. The second-order valence-electron chi connectivity index (χ2n) is 4.29. The van der Waals surface area contributed by atoms with Crippen molar-refractivity contribution in [2.45, 2.75) is 6.42 Å². The van der Waals surface area contributed by atoms with Gasteiger partial charge in [0.15, 0.2) is 0 Å². The molecule has 0 unspecified atom stereocenters. The summed E-state index contributed by atoms with van der Waals surface area (Å²) in [7, 11) is 0. The van der Waals surface area contributed by atoms with Crippen LogP contribution in [-0.4, -0.2) is 45.4 Å². The van der Waals surface area contributed by atoms with Crippen LogP contribution in [0.1, 0.15) is 12.0 Å². The van der Waals surface area contributed by atoms with Crippen molar-refractivity contribution in [3.8, 4) is 11.5 Å². The summed E-state index contributed by atoms with van der Waals surface area (Å²) in [6.45, 7) is -0.0607. The molecule has 0 heterocycles. The summed E-state index contributed by atoms with van der Waals surface area (Å²) in [5.74, 6) is -0.950. The van der Waals surface area contributed by atoms with Crippen molar-refractivity contribution in [2.75, 3.05) is 18.1 Å². The van der Waals surface area contributed by atoms with E-state index in [-0.39, 0.29) is 30.1 Å². The summed E-state index contributed by atoms with van der Waals surface area (Å²) < 4.78 is 5.13. The van der Waals surface area contributed by atoms with Crippen molar-refractivity contribution in [2.24, 2.45) is 0 Å². The Balaban J connectivity index is 2.49. The Morgan fingerprint density at radius 1 is 1.33 bits per heavy atom. The SMILES string of the molecule is O=C(O)C=Cc1cc(O)ccc1OC(=O)CCSCCO[N+](=O)[O-]. The van der Waals surface area contributed by atoms with Gasteiger partial charge in [-0.1, -0.05) is 0 Å². The highest BCUT2D eigenvalue weighted by molar-refractivity contribution is 7.99. The molecule has 1 rings (SSSR count). The molecule has 0 fully saturated rings. The lowest BCUT2D eigenvalue weighted by molar-refractivity contribution is -0.756. The van der Waals surface area contributed by atoms with Gasteiger partial charge in [-0.25, -0.2) is 4.79 Å². The Kier molecular flexibility index (Phi) is 8.13. The summed E-state index contributed by atoms with van der Waals surface area (Å²) in [6, 6.07) is 3.93. The molecule has 130 valence electrons. The van der Waals surface area contributed by atoms with Crippen molar-refractivity contribution in [3.63, 3.8) is 0 Å². The first kappa shape index (κ1) is 19.3. The van der Waals surface area contributed by atoms with E-state index >= 15 is 0 Å².